The molecule has 0 spiro atoms. The summed E-state index contributed by atoms with van der Waals surface area (Å²) in [5, 5.41) is 10.1. The van der Waals surface area contributed by atoms with Crippen molar-refractivity contribution in [1.29, 1.82) is 0 Å². The first-order chi connectivity index (χ1) is 14.0. The molecule has 0 fully saturated rings. The molecular weight excluding hydrogens is 370 g/mol. The highest BCUT2D eigenvalue weighted by Crippen LogP contribution is 2.17. The Kier molecular flexibility index (Phi) is 8.63. The number of carbonyl (C=O) groups excluding carboxylic acids is 2. The van der Waals surface area contributed by atoms with Gasteiger partial charge in [-0.05, 0) is 43.2 Å². The summed E-state index contributed by atoms with van der Waals surface area (Å²) in [6.45, 7) is 3.90. The number of aliphatic imine (C=N–C) groups is 1. The number of benzene rings is 2. The minimum absolute atomic E-state index is 0.0367. The van der Waals surface area contributed by atoms with E-state index in [9.17, 15) is 14.7 Å². The van der Waals surface area contributed by atoms with Crippen LogP contribution in [0.15, 0.2) is 70.9 Å². The Morgan fingerprint density at radius 2 is 1.79 bits per heavy atom. The first-order valence-corrected chi connectivity index (χ1v) is 9.49. The number of allylic oxidation sites excluding steroid dienone is 1. The highest BCUT2D eigenvalue weighted by Gasteiger charge is 2.14. The zero-order valence-corrected chi connectivity index (χ0v) is 16.6. The van der Waals surface area contributed by atoms with Gasteiger partial charge in [0.25, 0.3) is 0 Å². The lowest BCUT2D eigenvalue weighted by atomic mass is 10.1. The van der Waals surface area contributed by atoms with E-state index < -0.39 is 11.9 Å². The van der Waals surface area contributed by atoms with Crippen molar-refractivity contribution >= 4 is 23.8 Å². The van der Waals surface area contributed by atoms with Crippen LogP contribution in [-0.2, 0) is 20.9 Å². The number of carbonyl (C=O) groups is 2. The van der Waals surface area contributed by atoms with Crippen molar-refractivity contribution in [3.63, 3.8) is 0 Å². The summed E-state index contributed by atoms with van der Waals surface area (Å²) < 4.78 is 10.3. The van der Waals surface area contributed by atoms with Gasteiger partial charge in [0, 0.05) is 12.6 Å². The number of rotatable bonds is 9. The van der Waals surface area contributed by atoms with Crippen molar-refractivity contribution in [3.8, 4) is 0 Å². The summed E-state index contributed by atoms with van der Waals surface area (Å²) in [6.07, 6.45) is 2.35. The Morgan fingerprint density at radius 3 is 2.48 bits per heavy atom. The van der Waals surface area contributed by atoms with Gasteiger partial charge in [0.15, 0.2) is 0 Å². The highest BCUT2D eigenvalue weighted by atomic mass is 16.5. The molecule has 0 amide bonds. The van der Waals surface area contributed by atoms with E-state index in [1.165, 1.54) is 6.21 Å². The molecule has 6 heteroatoms. The molecule has 0 aromatic heterocycles. The monoisotopic (exact) mass is 395 g/mol. The molecule has 0 aliphatic carbocycles. The summed E-state index contributed by atoms with van der Waals surface area (Å²) in [7, 11) is 0. The molecule has 0 atom stereocenters. The molecule has 2 rings (SSSR count). The summed E-state index contributed by atoms with van der Waals surface area (Å²) in [4.78, 5) is 28.4. The second-order valence-corrected chi connectivity index (χ2v) is 6.20. The molecule has 2 aromatic carbocycles. The van der Waals surface area contributed by atoms with Crippen molar-refractivity contribution in [1.82, 2.24) is 0 Å². The van der Waals surface area contributed by atoms with Gasteiger partial charge in [0.1, 0.15) is 17.9 Å². The highest BCUT2D eigenvalue weighted by molar-refractivity contribution is 6.10. The maximum atomic E-state index is 12.1. The summed E-state index contributed by atoms with van der Waals surface area (Å²) in [6, 6.07) is 15.8. The Bertz CT molecular complexity index is 887. The van der Waals surface area contributed by atoms with E-state index in [1.54, 1.807) is 49.4 Å². The molecular formula is C23H25NO5. The summed E-state index contributed by atoms with van der Waals surface area (Å²) in [5.41, 5.74) is 1.83. The predicted octanol–water partition coefficient (Wildman–Crippen LogP) is 4.92. The Labute approximate surface area is 170 Å². The van der Waals surface area contributed by atoms with Crippen molar-refractivity contribution < 1.29 is 24.2 Å². The van der Waals surface area contributed by atoms with E-state index in [1.807, 2.05) is 19.1 Å². The van der Waals surface area contributed by atoms with Crippen molar-refractivity contribution in [2.75, 3.05) is 6.61 Å². The van der Waals surface area contributed by atoms with Crippen LogP contribution in [0.4, 0.5) is 5.69 Å². The van der Waals surface area contributed by atoms with Crippen LogP contribution < -0.4 is 0 Å². The van der Waals surface area contributed by atoms with E-state index >= 15 is 0 Å². The average Bonchev–Trinajstić information content (AvgIpc) is 2.73. The molecule has 29 heavy (non-hydrogen) atoms. The van der Waals surface area contributed by atoms with Gasteiger partial charge in [-0.2, -0.15) is 0 Å². The van der Waals surface area contributed by atoms with Crippen molar-refractivity contribution in [2.45, 2.75) is 33.3 Å². The van der Waals surface area contributed by atoms with Crippen LogP contribution in [0.1, 0.15) is 42.6 Å². The van der Waals surface area contributed by atoms with Crippen LogP contribution in [0.5, 0.6) is 0 Å². The van der Waals surface area contributed by atoms with Gasteiger partial charge >= 0.3 is 11.9 Å². The van der Waals surface area contributed by atoms with Crippen LogP contribution in [0.3, 0.4) is 0 Å². The third kappa shape index (κ3) is 6.92. The second kappa shape index (κ2) is 11.4. The topological polar surface area (TPSA) is 85.2 Å². The molecule has 0 radical (unpaired) electrons. The molecule has 6 nitrogen and oxygen atoms in total. The largest absolute Gasteiger partial charge is 0.511 e. The number of aliphatic hydroxyl groups is 1. The lowest BCUT2D eigenvalue weighted by Crippen LogP contribution is -2.11. The van der Waals surface area contributed by atoms with Crippen LogP contribution in [-0.4, -0.2) is 29.9 Å². The lowest BCUT2D eigenvalue weighted by molar-refractivity contribution is -0.138. The zero-order chi connectivity index (χ0) is 21.1. The van der Waals surface area contributed by atoms with Crippen LogP contribution in [0.25, 0.3) is 0 Å². The van der Waals surface area contributed by atoms with Crippen molar-refractivity contribution in [3.05, 3.63) is 77.1 Å². The molecule has 0 aliphatic rings. The van der Waals surface area contributed by atoms with E-state index in [0.29, 0.717) is 24.1 Å². The van der Waals surface area contributed by atoms with E-state index in [2.05, 4.69) is 4.99 Å². The van der Waals surface area contributed by atoms with E-state index in [0.717, 1.165) is 5.56 Å². The van der Waals surface area contributed by atoms with Crippen LogP contribution in [0.2, 0.25) is 0 Å². The van der Waals surface area contributed by atoms with Crippen molar-refractivity contribution in [2.24, 2.45) is 4.99 Å². The normalized spacial score (nSPS) is 11.8. The summed E-state index contributed by atoms with van der Waals surface area (Å²) >= 11 is 0. The van der Waals surface area contributed by atoms with E-state index in [4.69, 9.17) is 9.47 Å². The number of nitrogens with zero attached hydrogens (tertiary/aromatic N) is 1. The smallest absolute Gasteiger partial charge is 0.343 e. The van der Waals surface area contributed by atoms with Gasteiger partial charge in [-0.1, -0.05) is 37.3 Å². The van der Waals surface area contributed by atoms with Gasteiger partial charge in [-0.15, -0.1) is 0 Å². The lowest BCUT2D eigenvalue weighted by Gasteiger charge is -2.07. The molecule has 0 saturated heterocycles. The Balaban J connectivity index is 2.10. The number of ether oxygens (including phenoxy) is 2. The SMILES string of the molecule is CCC/C(O)=C(/C=Nc1cccc(COC(=O)c2ccccc2)c1)C(=O)OCC. The molecule has 0 unspecified atom stereocenters. The third-order valence-electron chi connectivity index (χ3n) is 3.93. The Hall–Kier alpha value is -3.41. The molecule has 0 heterocycles. The predicted molar refractivity (Wildman–Crippen MR) is 111 cm³/mol. The molecule has 152 valence electrons. The molecule has 2 aromatic rings. The average molecular weight is 395 g/mol. The van der Waals surface area contributed by atoms with Gasteiger partial charge in [0.2, 0.25) is 0 Å². The molecule has 0 saturated carbocycles. The van der Waals surface area contributed by atoms with Crippen LogP contribution in [0, 0.1) is 0 Å². The first-order valence-electron chi connectivity index (χ1n) is 9.49. The van der Waals surface area contributed by atoms with Gasteiger partial charge in [-0.3, -0.25) is 4.99 Å². The fourth-order valence-electron chi connectivity index (χ4n) is 2.50. The first kappa shape index (κ1) is 21.9. The second-order valence-electron chi connectivity index (χ2n) is 6.20. The minimum atomic E-state index is -0.616. The fraction of sp³-hybridized carbons (Fsp3) is 0.261. The Morgan fingerprint density at radius 1 is 1.03 bits per heavy atom. The molecule has 0 aliphatic heterocycles. The summed E-state index contributed by atoms with van der Waals surface area (Å²) in [5.74, 6) is -1.07. The van der Waals surface area contributed by atoms with Crippen LogP contribution >= 0.6 is 0 Å². The maximum absolute atomic E-state index is 12.1. The number of hydrogen-bond donors (Lipinski definition) is 1. The molecule has 0 bridgehead atoms. The van der Waals surface area contributed by atoms with Gasteiger partial charge < -0.3 is 14.6 Å². The molecule has 1 N–H and O–H groups in total. The standard InChI is InChI=1S/C23H25NO5/c1-3-9-21(25)20(23(27)28-4-2)15-24-19-13-8-10-17(14-19)16-29-22(26)18-11-6-5-7-12-18/h5-8,10-15,25H,3-4,9,16H2,1-2H3/b21-20+,24-15?. The van der Waals surface area contributed by atoms with E-state index in [-0.39, 0.29) is 24.5 Å². The fourth-order valence-corrected chi connectivity index (χ4v) is 2.50. The minimum Gasteiger partial charge on any atom is -0.511 e. The maximum Gasteiger partial charge on any atom is 0.343 e. The third-order valence-corrected chi connectivity index (χ3v) is 3.93. The van der Waals surface area contributed by atoms with Gasteiger partial charge in [0.05, 0.1) is 17.9 Å². The number of aliphatic hydroxyl groups excluding tert-OH is 1. The number of hydrogen-bond acceptors (Lipinski definition) is 6. The van der Waals surface area contributed by atoms with Gasteiger partial charge in [-0.25, -0.2) is 9.59 Å². The quantitative estimate of drug-likeness (QED) is 0.282. The zero-order valence-electron chi connectivity index (χ0n) is 16.6. The number of esters is 2.